The van der Waals surface area contributed by atoms with E-state index in [-0.39, 0.29) is 11.8 Å². The van der Waals surface area contributed by atoms with Crippen LogP contribution in [-0.2, 0) is 11.2 Å². The van der Waals surface area contributed by atoms with Crippen molar-refractivity contribution in [1.82, 2.24) is 19.7 Å². The highest BCUT2D eigenvalue weighted by atomic mass is 32.1. The Labute approximate surface area is 166 Å². The molecule has 0 aliphatic carbocycles. The molecule has 7 heteroatoms. The summed E-state index contributed by atoms with van der Waals surface area (Å²) in [4.78, 5) is 36.9. The van der Waals surface area contributed by atoms with Crippen LogP contribution in [0, 0.1) is 6.92 Å². The lowest BCUT2D eigenvalue weighted by Gasteiger charge is -2.35. The lowest BCUT2D eigenvalue weighted by molar-refractivity contribution is -0.132. The molecule has 3 heterocycles. The van der Waals surface area contributed by atoms with Gasteiger partial charge in [0.2, 0.25) is 5.91 Å². The fraction of sp³-hybridized carbons (Fsp3) is 0.750. The largest absolute Gasteiger partial charge is 0.342 e. The van der Waals surface area contributed by atoms with Crippen molar-refractivity contribution in [2.24, 2.45) is 0 Å². The Morgan fingerprint density at radius 1 is 0.963 bits per heavy atom. The normalized spacial score (nSPS) is 19.2. The average Bonchev–Trinajstić information content (AvgIpc) is 2.87. The van der Waals surface area contributed by atoms with Crippen molar-refractivity contribution in [2.45, 2.75) is 52.4 Å². The van der Waals surface area contributed by atoms with Crippen molar-refractivity contribution in [1.29, 1.82) is 0 Å². The Balaban J connectivity index is 1.49. The van der Waals surface area contributed by atoms with Gasteiger partial charge in [0.25, 0.3) is 5.91 Å². The predicted molar refractivity (Wildman–Crippen MR) is 108 cm³/mol. The number of nitrogens with zero attached hydrogens (tertiary/aromatic N) is 4. The Morgan fingerprint density at radius 2 is 1.63 bits per heavy atom. The van der Waals surface area contributed by atoms with E-state index < -0.39 is 0 Å². The number of hydrogen-bond acceptors (Lipinski definition) is 5. The quantitative estimate of drug-likeness (QED) is 0.773. The number of thiazole rings is 1. The molecule has 0 saturated carbocycles. The van der Waals surface area contributed by atoms with Gasteiger partial charge in [-0.3, -0.25) is 14.5 Å². The summed E-state index contributed by atoms with van der Waals surface area (Å²) < 4.78 is 0. The van der Waals surface area contributed by atoms with Crippen molar-refractivity contribution in [3.63, 3.8) is 0 Å². The smallest absolute Gasteiger partial charge is 0.265 e. The molecule has 0 spiro atoms. The fourth-order valence-electron chi connectivity index (χ4n) is 3.84. The molecule has 3 rings (SSSR count). The number of amides is 2. The summed E-state index contributed by atoms with van der Waals surface area (Å²) in [7, 11) is 0. The zero-order valence-corrected chi connectivity index (χ0v) is 17.5. The second-order valence-electron chi connectivity index (χ2n) is 7.64. The first-order chi connectivity index (χ1) is 13.1. The number of aryl methyl sites for hydroxylation is 2. The molecule has 0 radical (unpaired) electrons. The highest BCUT2D eigenvalue weighted by molar-refractivity contribution is 7.13. The molecular weight excluding hydrogens is 360 g/mol. The SMILES string of the molecule is CCCc1nc(C)c(C(=O)N2CCN(CC(=O)N3CCCCCC3)CC2)s1. The monoisotopic (exact) mass is 392 g/mol. The molecule has 1 aromatic heterocycles. The minimum absolute atomic E-state index is 0.103. The standard InChI is InChI=1S/C20H32N4O2S/c1-3-8-17-21-16(2)19(27-17)20(26)24-13-11-22(12-14-24)15-18(25)23-9-6-4-5-7-10-23/h3-15H2,1-2H3. The van der Waals surface area contributed by atoms with E-state index in [1.165, 1.54) is 12.8 Å². The van der Waals surface area contributed by atoms with Gasteiger partial charge in [-0.05, 0) is 32.6 Å². The molecule has 0 aromatic carbocycles. The van der Waals surface area contributed by atoms with E-state index in [1.54, 1.807) is 11.3 Å². The van der Waals surface area contributed by atoms with Crippen LogP contribution in [0.4, 0.5) is 0 Å². The van der Waals surface area contributed by atoms with Gasteiger partial charge in [-0.2, -0.15) is 0 Å². The molecule has 2 aliphatic rings. The van der Waals surface area contributed by atoms with Gasteiger partial charge in [-0.25, -0.2) is 4.98 Å². The first-order valence-corrected chi connectivity index (χ1v) is 11.2. The number of aromatic nitrogens is 1. The summed E-state index contributed by atoms with van der Waals surface area (Å²) in [5, 5.41) is 1.06. The average molecular weight is 393 g/mol. The summed E-state index contributed by atoms with van der Waals surface area (Å²) in [6.07, 6.45) is 6.71. The van der Waals surface area contributed by atoms with Gasteiger partial charge in [0.1, 0.15) is 4.88 Å². The van der Waals surface area contributed by atoms with E-state index in [0.29, 0.717) is 19.6 Å². The first kappa shape index (κ1) is 20.3. The van der Waals surface area contributed by atoms with E-state index in [1.807, 2.05) is 16.7 Å². The fourth-order valence-corrected chi connectivity index (χ4v) is 4.97. The molecule has 27 heavy (non-hydrogen) atoms. The van der Waals surface area contributed by atoms with Crippen LogP contribution in [0.5, 0.6) is 0 Å². The predicted octanol–water partition coefficient (Wildman–Crippen LogP) is 2.56. The van der Waals surface area contributed by atoms with Crippen LogP contribution < -0.4 is 0 Å². The maximum atomic E-state index is 12.9. The Hall–Kier alpha value is -1.47. The van der Waals surface area contributed by atoms with Gasteiger partial charge in [-0.15, -0.1) is 11.3 Å². The summed E-state index contributed by atoms with van der Waals surface area (Å²) in [5.41, 5.74) is 0.854. The minimum atomic E-state index is 0.103. The highest BCUT2D eigenvalue weighted by Gasteiger charge is 2.27. The van der Waals surface area contributed by atoms with E-state index in [0.717, 1.165) is 67.4 Å². The zero-order chi connectivity index (χ0) is 19.2. The number of rotatable bonds is 5. The topological polar surface area (TPSA) is 56.8 Å². The maximum absolute atomic E-state index is 12.9. The number of carbonyl (C=O) groups is 2. The maximum Gasteiger partial charge on any atom is 0.265 e. The Bertz CT molecular complexity index is 644. The molecule has 150 valence electrons. The number of hydrogen-bond donors (Lipinski definition) is 0. The van der Waals surface area contributed by atoms with Crippen molar-refractivity contribution >= 4 is 23.2 Å². The molecule has 0 bridgehead atoms. The van der Waals surface area contributed by atoms with Gasteiger partial charge in [0, 0.05) is 39.3 Å². The van der Waals surface area contributed by atoms with E-state index in [9.17, 15) is 9.59 Å². The van der Waals surface area contributed by atoms with Crippen molar-refractivity contribution in [3.8, 4) is 0 Å². The van der Waals surface area contributed by atoms with Crippen LogP contribution in [0.25, 0.3) is 0 Å². The van der Waals surface area contributed by atoms with Crippen LogP contribution >= 0.6 is 11.3 Å². The van der Waals surface area contributed by atoms with Crippen molar-refractivity contribution in [3.05, 3.63) is 15.6 Å². The van der Waals surface area contributed by atoms with Crippen LogP contribution in [0.2, 0.25) is 0 Å². The Kier molecular flexibility index (Phi) is 7.24. The lowest BCUT2D eigenvalue weighted by atomic mass is 10.2. The summed E-state index contributed by atoms with van der Waals surface area (Å²) in [6.45, 7) is 9.27. The molecule has 2 fully saturated rings. The summed E-state index contributed by atoms with van der Waals surface area (Å²) in [5.74, 6) is 0.352. The van der Waals surface area contributed by atoms with E-state index in [4.69, 9.17) is 0 Å². The lowest BCUT2D eigenvalue weighted by Crippen LogP contribution is -2.51. The van der Waals surface area contributed by atoms with Crippen molar-refractivity contribution in [2.75, 3.05) is 45.8 Å². The molecular formula is C20H32N4O2S. The zero-order valence-electron chi connectivity index (χ0n) is 16.7. The van der Waals surface area contributed by atoms with Crippen molar-refractivity contribution < 1.29 is 9.59 Å². The van der Waals surface area contributed by atoms with Crippen LogP contribution in [-0.4, -0.2) is 77.3 Å². The second kappa shape index (κ2) is 9.64. The molecule has 0 N–H and O–H groups in total. The van der Waals surface area contributed by atoms with Gasteiger partial charge < -0.3 is 9.80 Å². The molecule has 2 amide bonds. The number of piperazine rings is 1. The van der Waals surface area contributed by atoms with E-state index in [2.05, 4.69) is 16.8 Å². The third kappa shape index (κ3) is 5.29. The Morgan fingerprint density at radius 3 is 2.26 bits per heavy atom. The molecule has 2 saturated heterocycles. The minimum Gasteiger partial charge on any atom is -0.342 e. The highest BCUT2D eigenvalue weighted by Crippen LogP contribution is 2.22. The number of likely N-dealkylation sites (tertiary alicyclic amines) is 1. The van der Waals surface area contributed by atoms with Gasteiger partial charge in [0.05, 0.1) is 17.2 Å². The summed E-state index contributed by atoms with van der Waals surface area (Å²) >= 11 is 1.54. The third-order valence-corrected chi connectivity index (χ3v) is 6.68. The second-order valence-corrected chi connectivity index (χ2v) is 8.72. The van der Waals surface area contributed by atoms with Crippen LogP contribution in [0.1, 0.15) is 59.4 Å². The molecule has 6 nitrogen and oxygen atoms in total. The van der Waals surface area contributed by atoms with Gasteiger partial charge in [0.15, 0.2) is 0 Å². The van der Waals surface area contributed by atoms with Gasteiger partial charge >= 0.3 is 0 Å². The summed E-state index contributed by atoms with van der Waals surface area (Å²) in [6, 6.07) is 0. The van der Waals surface area contributed by atoms with E-state index >= 15 is 0 Å². The first-order valence-electron chi connectivity index (χ1n) is 10.3. The molecule has 1 aromatic rings. The molecule has 0 atom stereocenters. The number of carbonyl (C=O) groups excluding carboxylic acids is 2. The van der Waals surface area contributed by atoms with Crippen LogP contribution in [0.3, 0.4) is 0 Å². The van der Waals surface area contributed by atoms with Gasteiger partial charge in [-0.1, -0.05) is 19.8 Å². The van der Waals surface area contributed by atoms with Crippen LogP contribution in [0.15, 0.2) is 0 Å². The molecule has 2 aliphatic heterocycles. The third-order valence-electron chi connectivity index (χ3n) is 5.48. The molecule has 0 unspecified atom stereocenters.